The number of likely N-dealkylation sites (tertiary alicyclic amines) is 1. The lowest BCUT2D eigenvalue weighted by Crippen LogP contribution is -2.48. The van der Waals surface area contributed by atoms with Crippen LogP contribution in [0.5, 0.6) is 0 Å². The van der Waals surface area contributed by atoms with Gasteiger partial charge in [0, 0.05) is 44.0 Å². The van der Waals surface area contributed by atoms with E-state index in [1.165, 1.54) is 43.6 Å². The summed E-state index contributed by atoms with van der Waals surface area (Å²) >= 11 is 0. The van der Waals surface area contributed by atoms with Crippen LogP contribution in [-0.2, 0) is 6.54 Å². The van der Waals surface area contributed by atoms with Gasteiger partial charge in [0.1, 0.15) is 0 Å². The van der Waals surface area contributed by atoms with Crippen LogP contribution in [0.1, 0.15) is 35.2 Å². The lowest BCUT2D eigenvalue weighted by Gasteiger charge is -2.36. The van der Waals surface area contributed by atoms with Crippen LogP contribution in [0.2, 0.25) is 0 Å². The molecule has 2 fully saturated rings. The monoisotopic (exact) mass is 363 g/mol. The lowest BCUT2D eigenvalue weighted by atomic mass is 10.1. The van der Waals surface area contributed by atoms with Crippen molar-refractivity contribution in [3.05, 3.63) is 65.7 Å². The van der Waals surface area contributed by atoms with Crippen molar-refractivity contribution in [1.29, 1.82) is 0 Å². The average molecular weight is 364 g/mol. The second kappa shape index (κ2) is 8.57. The van der Waals surface area contributed by atoms with Crippen LogP contribution in [0.4, 0.5) is 5.69 Å². The predicted octanol–water partition coefficient (Wildman–Crippen LogP) is 3.63. The van der Waals surface area contributed by atoms with Gasteiger partial charge in [0.05, 0.1) is 0 Å². The van der Waals surface area contributed by atoms with Gasteiger partial charge in [0.25, 0.3) is 5.91 Å². The van der Waals surface area contributed by atoms with Gasteiger partial charge in [-0.05, 0) is 55.8 Å². The van der Waals surface area contributed by atoms with E-state index >= 15 is 0 Å². The molecule has 2 aromatic rings. The maximum absolute atomic E-state index is 12.8. The van der Waals surface area contributed by atoms with Crippen molar-refractivity contribution in [3.8, 4) is 0 Å². The first-order valence-electron chi connectivity index (χ1n) is 10.2. The topological polar surface area (TPSA) is 26.8 Å². The summed E-state index contributed by atoms with van der Waals surface area (Å²) in [6, 6.07) is 18.7. The quantitative estimate of drug-likeness (QED) is 0.830. The number of carbonyl (C=O) groups is 1. The van der Waals surface area contributed by atoms with Crippen LogP contribution in [0.3, 0.4) is 0 Å². The van der Waals surface area contributed by atoms with E-state index in [2.05, 4.69) is 46.2 Å². The smallest absolute Gasteiger partial charge is 0.253 e. The van der Waals surface area contributed by atoms with Crippen LogP contribution in [0, 0.1) is 0 Å². The van der Waals surface area contributed by atoms with E-state index in [0.29, 0.717) is 0 Å². The third kappa shape index (κ3) is 4.51. The van der Waals surface area contributed by atoms with Crippen molar-refractivity contribution in [2.75, 3.05) is 44.2 Å². The van der Waals surface area contributed by atoms with Crippen LogP contribution in [0.25, 0.3) is 0 Å². The minimum atomic E-state index is 0.159. The molecular formula is C23H29N3O. The van der Waals surface area contributed by atoms with Crippen molar-refractivity contribution in [2.24, 2.45) is 0 Å². The normalized spacial score (nSPS) is 18.5. The highest BCUT2D eigenvalue weighted by Crippen LogP contribution is 2.18. The Balaban J connectivity index is 1.32. The van der Waals surface area contributed by atoms with Gasteiger partial charge in [0.2, 0.25) is 0 Å². The fourth-order valence-electron chi connectivity index (χ4n) is 4.12. The second-order valence-corrected chi connectivity index (χ2v) is 7.65. The molecule has 2 saturated heterocycles. The fourth-order valence-corrected chi connectivity index (χ4v) is 4.12. The SMILES string of the molecule is O=C(c1ccc(CN2CCCCC2)cc1)N1CCN(c2ccccc2)CC1. The molecular weight excluding hydrogens is 334 g/mol. The van der Waals surface area contributed by atoms with Crippen LogP contribution < -0.4 is 4.90 Å². The summed E-state index contributed by atoms with van der Waals surface area (Å²) in [6.07, 6.45) is 3.98. The second-order valence-electron chi connectivity index (χ2n) is 7.65. The van der Waals surface area contributed by atoms with Gasteiger partial charge in [-0.15, -0.1) is 0 Å². The van der Waals surface area contributed by atoms with E-state index < -0.39 is 0 Å². The number of hydrogen-bond acceptors (Lipinski definition) is 3. The molecule has 0 bridgehead atoms. The van der Waals surface area contributed by atoms with E-state index in [1.807, 2.05) is 23.1 Å². The van der Waals surface area contributed by atoms with E-state index in [-0.39, 0.29) is 5.91 Å². The third-order valence-corrected chi connectivity index (χ3v) is 5.74. The Morgan fingerprint density at radius 3 is 2.07 bits per heavy atom. The highest BCUT2D eigenvalue weighted by atomic mass is 16.2. The first-order valence-corrected chi connectivity index (χ1v) is 10.2. The molecule has 2 aromatic carbocycles. The van der Waals surface area contributed by atoms with Gasteiger partial charge in [0.15, 0.2) is 0 Å². The van der Waals surface area contributed by atoms with Crippen molar-refractivity contribution in [2.45, 2.75) is 25.8 Å². The Kier molecular flexibility index (Phi) is 5.73. The molecule has 0 saturated carbocycles. The molecule has 0 N–H and O–H groups in total. The van der Waals surface area contributed by atoms with Gasteiger partial charge in [-0.3, -0.25) is 9.69 Å². The Labute approximate surface area is 162 Å². The molecule has 2 heterocycles. The number of rotatable bonds is 4. The maximum atomic E-state index is 12.8. The molecule has 0 spiro atoms. The standard InChI is InChI=1S/C23H29N3O/c27-23(26-17-15-25(16-18-26)22-7-3-1-4-8-22)21-11-9-20(10-12-21)19-24-13-5-2-6-14-24/h1,3-4,7-12H,2,5-6,13-19H2. The fraction of sp³-hybridized carbons (Fsp3) is 0.435. The number of piperidine rings is 1. The van der Waals surface area contributed by atoms with E-state index in [9.17, 15) is 4.79 Å². The molecule has 4 rings (SSSR count). The Morgan fingerprint density at radius 1 is 0.741 bits per heavy atom. The van der Waals surface area contributed by atoms with Gasteiger partial charge < -0.3 is 9.80 Å². The molecule has 4 heteroatoms. The molecule has 4 nitrogen and oxygen atoms in total. The minimum absolute atomic E-state index is 0.159. The number of nitrogens with zero attached hydrogens (tertiary/aromatic N) is 3. The van der Waals surface area contributed by atoms with Gasteiger partial charge in [-0.1, -0.05) is 36.8 Å². The zero-order valence-electron chi connectivity index (χ0n) is 16.0. The first kappa shape index (κ1) is 18.1. The summed E-state index contributed by atoms with van der Waals surface area (Å²) in [7, 11) is 0. The molecule has 142 valence electrons. The Hall–Kier alpha value is -2.33. The molecule has 2 aliphatic rings. The first-order chi connectivity index (χ1) is 13.3. The van der Waals surface area contributed by atoms with E-state index in [4.69, 9.17) is 0 Å². The number of carbonyl (C=O) groups excluding carboxylic acids is 1. The Bertz CT molecular complexity index is 730. The summed E-state index contributed by atoms with van der Waals surface area (Å²) in [5.74, 6) is 0.159. The number of para-hydroxylation sites is 1. The summed E-state index contributed by atoms with van der Waals surface area (Å²) in [5.41, 5.74) is 3.36. The van der Waals surface area contributed by atoms with Crippen LogP contribution >= 0.6 is 0 Å². The van der Waals surface area contributed by atoms with Crippen molar-refractivity contribution in [1.82, 2.24) is 9.80 Å². The number of hydrogen-bond donors (Lipinski definition) is 0. The van der Waals surface area contributed by atoms with Crippen molar-refractivity contribution >= 4 is 11.6 Å². The third-order valence-electron chi connectivity index (χ3n) is 5.74. The lowest BCUT2D eigenvalue weighted by molar-refractivity contribution is 0.0747. The summed E-state index contributed by atoms with van der Waals surface area (Å²) in [5, 5.41) is 0. The molecule has 0 aromatic heterocycles. The highest BCUT2D eigenvalue weighted by molar-refractivity contribution is 5.94. The molecule has 0 radical (unpaired) electrons. The molecule has 27 heavy (non-hydrogen) atoms. The van der Waals surface area contributed by atoms with Crippen molar-refractivity contribution in [3.63, 3.8) is 0 Å². The molecule has 0 unspecified atom stereocenters. The zero-order chi connectivity index (χ0) is 18.5. The predicted molar refractivity (Wildman–Crippen MR) is 110 cm³/mol. The van der Waals surface area contributed by atoms with Gasteiger partial charge in [-0.25, -0.2) is 0 Å². The number of amides is 1. The summed E-state index contributed by atoms with van der Waals surface area (Å²) in [4.78, 5) is 19.7. The van der Waals surface area contributed by atoms with Gasteiger partial charge in [-0.2, -0.15) is 0 Å². The Morgan fingerprint density at radius 2 is 1.41 bits per heavy atom. The minimum Gasteiger partial charge on any atom is -0.368 e. The molecule has 0 atom stereocenters. The maximum Gasteiger partial charge on any atom is 0.253 e. The molecule has 0 aliphatic carbocycles. The van der Waals surface area contributed by atoms with E-state index in [1.54, 1.807) is 0 Å². The van der Waals surface area contributed by atoms with Crippen LogP contribution in [-0.4, -0.2) is 55.0 Å². The van der Waals surface area contributed by atoms with Crippen LogP contribution in [0.15, 0.2) is 54.6 Å². The van der Waals surface area contributed by atoms with Gasteiger partial charge >= 0.3 is 0 Å². The summed E-state index contributed by atoms with van der Waals surface area (Å²) in [6.45, 7) is 6.75. The zero-order valence-corrected chi connectivity index (χ0v) is 16.0. The molecule has 1 amide bonds. The summed E-state index contributed by atoms with van der Waals surface area (Å²) < 4.78 is 0. The number of benzene rings is 2. The number of piperazine rings is 1. The highest BCUT2D eigenvalue weighted by Gasteiger charge is 2.22. The molecule has 2 aliphatic heterocycles. The average Bonchev–Trinajstić information content (AvgIpc) is 2.75. The largest absolute Gasteiger partial charge is 0.368 e. The van der Waals surface area contributed by atoms with E-state index in [0.717, 1.165) is 38.3 Å². The van der Waals surface area contributed by atoms with Crippen molar-refractivity contribution < 1.29 is 4.79 Å². The number of anilines is 1.